The van der Waals surface area contributed by atoms with E-state index in [1.807, 2.05) is 12.3 Å². The van der Waals surface area contributed by atoms with Crippen molar-refractivity contribution in [1.82, 2.24) is 9.97 Å². The lowest BCUT2D eigenvalue weighted by atomic mass is 9.68. The molecule has 0 spiro atoms. The molecule has 8 aromatic rings. The van der Waals surface area contributed by atoms with Crippen molar-refractivity contribution in [1.29, 1.82) is 0 Å². The van der Waals surface area contributed by atoms with Gasteiger partial charge in [-0.1, -0.05) is 126 Å². The van der Waals surface area contributed by atoms with Crippen molar-refractivity contribution in [2.45, 2.75) is 78.6 Å². The fraction of sp³-hybridized carbons (Fsp3) is 0.222. The molecular weight excluding hydrogens is 725 g/mol. The molecule has 1 aliphatic carbocycles. The van der Waals surface area contributed by atoms with Crippen LogP contribution in [0.4, 0.5) is 0 Å². The maximum Gasteiger partial charge on any atom is 0.128 e. The first-order valence-electron chi connectivity index (χ1n) is 20.3. The average molecular weight is 775 g/mol. The summed E-state index contributed by atoms with van der Waals surface area (Å²) in [5.41, 5.74) is 17.1. The molecule has 2 aromatic heterocycles. The second kappa shape index (κ2) is 13.9. The van der Waals surface area contributed by atoms with Gasteiger partial charge in [0.1, 0.15) is 16.5 Å². The lowest BCUT2D eigenvalue weighted by molar-refractivity contribution is 0.481. The number of aromatic nitrogens is 2. The van der Waals surface area contributed by atoms with Gasteiger partial charge in [0.2, 0.25) is 0 Å². The average Bonchev–Trinajstić information content (AvgIpc) is 3.75. The standard InChI is InChI=1S/C54H50N2OS/c1-33-25-34(2)50(35(3)26-33)36-27-37(51-56-47-17-10-11-18-48(47)58-51)29-42(28-36)57-41-16-14-15-40(30-41)54(49-19-12-13-24-55-49)45-31-38(52(4,5)6)20-22-43(45)44-23-21-39(32-46(44)54)53(7,8)9/h10-32H,1-9H3. The lowest BCUT2D eigenvalue weighted by Crippen LogP contribution is -2.30. The van der Waals surface area contributed by atoms with Crippen LogP contribution in [0.3, 0.4) is 0 Å². The highest BCUT2D eigenvalue weighted by atomic mass is 32.1. The van der Waals surface area contributed by atoms with Crippen molar-refractivity contribution in [2.24, 2.45) is 0 Å². The Labute approximate surface area is 347 Å². The van der Waals surface area contributed by atoms with Gasteiger partial charge < -0.3 is 4.74 Å². The first-order chi connectivity index (χ1) is 27.7. The van der Waals surface area contributed by atoms with E-state index in [1.54, 1.807) is 11.3 Å². The van der Waals surface area contributed by atoms with Gasteiger partial charge in [-0.05, 0) is 147 Å². The molecule has 0 fully saturated rings. The Kier molecular flexibility index (Phi) is 9.05. The Morgan fingerprint density at radius 1 is 0.569 bits per heavy atom. The Morgan fingerprint density at radius 3 is 1.83 bits per heavy atom. The maximum absolute atomic E-state index is 7.05. The molecular formula is C54H50N2OS. The minimum Gasteiger partial charge on any atom is -0.457 e. The van der Waals surface area contributed by atoms with Crippen LogP contribution in [0.5, 0.6) is 11.5 Å². The molecule has 2 heterocycles. The second-order valence-corrected chi connectivity index (χ2v) is 19.2. The smallest absolute Gasteiger partial charge is 0.128 e. The van der Waals surface area contributed by atoms with Crippen LogP contribution in [-0.2, 0) is 16.2 Å². The maximum atomic E-state index is 7.05. The quantitative estimate of drug-likeness (QED) is 0.169. The molecule has 0 saturated carbocycles. The van der Waals surface area contributed by atoms with Gasteiger partial charge in [0.05, 0.1) is 21.3 Å². The summed E-state index contributed by atoms with van der Waals surface area (Å²) in [6.45, 7) is 20.3. The van der Waals surface area contributed by atoms with Gasteiger partial charge >= 0.3 is 0 Å². The molecule has 0 atom stereocenters. The summed E-state index contributed by atoms with van der Waals surface area (Å²) in [4.78, 5) is 10.3. The highest BCUT2D eigenvalue weighted by Gasteiger charge is 2.48. The number of thiazole rings is 1. The topological polar surface area (TPSA) is 35.0 Å². The van der Waals surface area contributed by atoms with Crippen molar-refractivity contribution >= 4 is 21.6 Å². The van der Waals surface area contributed by atoms with Crippen LogP contribution in [0, 0.1) is 20.8 Å². The van der Waals surface area contributed by atoms with E-state index < -0.39 is 5.41 Å². The van der Waals surface area contributed by atoms with Gasteiger partial charge in [0.25, 0.3) is 0 Å². The number of benzene rings is 6. The zero-order valence-corrected chi connectivity index (χ0v) is 35.8. The predicted octanol–water partition coefficient (Wildman–Crippen LogP) is 14.7. The number of fused-ring (bicyclic) bond motifs is 4. The number of aryl methyl sites for hydroxylation is 3. The zero-order chi connectivity index (χ0) is 40.6. The van der Waals surface area contributed by atoms with Crippen LogP contribution in [-0.4, -0.2) is 9.97 Å². The highest BCUT2D eigenvalue weighted by molar-refractivity contribution is 7.21. The van der Waals surface area contributed by atoms with Gasteiger partial charge in [-0.3, -0.25) is 4.98 Å². The van der Waals surface area contributed by atoms with Crippen LogP contribution in [0.1, 0.15) is 91.7 Å². The third kappa shape index (κ3) is 6.44. The summed E-state index contributed by atoms with van der Waals surface area (Å²) in [7, 11) is 0. The minimum absolute atomic E-state index is 0.0403. The van der Waals surface area contributed by atoms with Crippen LogP contribution >= 0.6 is 11.3 Å². The molecule has 0 bridgehead atoms. The molecule has 0 unspecified atom stereocenters. The largest absolute Gasteiger partial charge is 0.457 e. The predicted molar refractivity (Wildman–Crippen MR) is 244 cm³/mol. The molecule has 0 amide bonds. The Morgan fingerprint density at radius 2 is 1.21 bits per heavy atom. The van der Waals surface area contributed by atoms with E-state index in [4.69, 9.17) is 14.7 Å². The van der Waals surface area contributed by atoms with Crippen LogP contribution < -0.4 is 4.74 Å². The van der Waals surface area contributed by atoms with E-state index in [2.05, 4.69) is 190 Å². The van der Waals surface area contributed by atoms with Crippen molar-refractivity contribution in [3.8, 4) is 44.3 Å². The van der Waals surface area contributed by atoms with Crippen molar-refractivity contribution < 1.29 is 4.74 Å². The molecule has 6 aromatic carbocycles. The summed E-state index contributed by atoms with van der Waals surface area (Å²) in [5, 5.41) is 0.974. The SMILES string of the molecule is Cc1cc(C)c(-c2cc(Oc3cccc(C4(c5ccccn5)c5cc(C(C)(C)C)ccc5-c5ccc(C(C)(C)C)cc54)c3)cc(-c3nc4ccccc4s3)c2)c(C)c1. The van der Waals surface area contributed by atoms with E-state index in [9.17, 15) is 0 Å². The van der Waals surface area contributed by atoms with E-state index in [0.717, 1.165) is 44.4 Å². The second-order valence-electron chi connectivity index (χ2n) is 18.1. The van der Waals surface area contributed by atoms with E-state index in [0.29, 0.717) is 0 Å². The van der Waals surface area contributed by atoms with Gasteiger partial charge in [-0.2, -0.15) is 0 Å². The molecule has 288 valence electrons. The third-order valence-electron chi connectivity index (χ3n) is 11.8. The summed E-state index contributed by atoms with van der Waals surface area (Å²) in [5.74, 6) is 1.54. The number of pyridine rings is 1. The Balaban J connectivity index is 1.26. The number of nitrogens with zero attached hydrogens (tertiary/aromatic N) is 2. The molecule has 1 aliphatic rings. The van der Waals surface area contributed by atoms with Crippen LogP contribution in [0.15, 0.2) is 140 Å². The zero-order valence-electron chi connectivity index (χ0n) is 35.0. The summed E-state index contributed by atoms with van der Waals surface area (Å²) >= 11 is 1.72. The van der Waals surface area contributed by atoms with Crippen molar-refractivity contribution in [3.05, 3.63) is 190 Å². The van der Waals surface area contributed by atoms with E-state index >= 15 is 0 Å². The number of rotatable bonds is 6. The Hall–Kier alpha value is -5.84. The number of hydrogen-bond acceptors (Lipinski definition) is 4. The monoisotopic (exact) mass is 774 g/mol. The van der Waals surface area contributed by atoms with Gasteiger partial charge in [0.15, 0.2) is 0 Å². The summed E-state index contributed by atoms with van der Waals surface area (Å²) in [6.07, 6.45) is 1.93. The van der Waals surface area contributed by atoms with E-state index in [1.165, 1.54) is 60.3 Å². The fourth-order valence-corrected chi connectivity index (χ4v) is 10.0. The third-order valence-corrected chi connectivity index (χ3v) is 12.9. The molecule has 0 radical (unpaired) electrons. The number of para-hydroxylation sites is 1. The number of ether oxygens (including phenoxy) is 1. The Bertz CT molecular complexity index is 2750. The van der Waals surface area contributed by atoms with E-state index in [-0.39, 0.29) is 10.8 Å². The molecule has 4 heteroatoms. The minimum atomic E-state index is -0.683. The van der Waals surface area contributed by atoms with Crippen LogP contribution in [0.2, 0.25) is 0 Å². The first kappa shape index (κ1) is 37.7. The van der Waals surface area contributed by atoms with Crippen LogP contribution in [0.25, 0.3) is 43.0 Å². The van der Waals surface area contributed by atoms with Gasteiger partial charge in [0, 0.05) is 11.8 Å². The number of hydrogen-bond donors (Lipinski definition) is 0. The normalized spacial score (nSPS) is 13.4. The first-order valence-corrected chi connectivity index (χ1v) is 21.1. The fourth-order valence-electron chi connectivity index (χ4n) is 9.06. The van der Waals surface area contributed by atoms with Crippen molar-refractivity contribution in [2.75, 3.05) is 0 Å². The summed E-state index contributed by atoms with van der Waals surface area (Å²) < 4.78 is 8.22. The molecule has 9 rings (SSSR count). The molecule has 0 saturated heterocycles. The van der Waals surface area contributed by atoms with Crippen molar-refractivity contribution in [3.63, 3.8) is 0 Å². The summed E-state index contributed by atoms with van der Waals surface area (Å²) in [6, 6.07) is 48.7. The molecule has 0 N–H and O–H groups in total. The molecule has 3 nitrogen and oxygen atoms in total. The van der Waals surface area contributed by atoms with Gasteiger partial charge in [-0.25, -0.2) is 4.98 Å². The molecule has 58 heavy (non-hydrogen) atoms. The van der Waals surface area contributed by atoms with Gasteiger partial charge in [-0.15, -0.1) is 11.3 Å². The lowest BCUT2D eigenvalue weighted by Gasteiger charge is -2.34. The molecule has 0 aliphatic heterocycles. The highest BCUT2D eigenvalue weighted by Crippen LogP contribution is 2.57.